The van der Waals surface area contributed by atoms with E-state index in [2.05, 4.69) is 15.6 Å². The van der Waals surface area contributed by atoms with Crippen LogP contribution >= 0.6 is 0 Å². The van der Waals surface area contributed by atoms with E-state index in [-0.39, 0.29) is 0 Å². The van der Waals surface area contributed by atoms with Gasteiger partial charge in [0.25, 0.3) is 0 Å². The molecule has 1 aromatic heterocycles. The van der Waals surface area contributed by atoms with E-state index in [1.807, 2.05) is 43.3 Å². The summed E-state index contributed by atoms with van der Waals surface area (Å²) in [7, 11) is 1.61. The number of nitrogens with two attached hydrogens (primary N) is 1. The number of nitrogens with zero attached hydrogens (tertiary/aromatic N) is 2. The summed E-state index contributed by atoms with van der Waals surface area (Å²) in [4.78, 5) is 4.55. The Kier molecular flexibility index (Phi) is 2.63. The standard InChI is InChI=1S/C15H15N3O/c1-10-17-13-5-3-4-6-14(13)18(10)11-7-8-15(19-2)12(16)9-11/h3-9H,16H2,1-2H3. The number of hydrogen-bond acceptors (Lipinski definition) is 3. The van der Waals surface area contributed by atoms with E-state index in [4.69, 9.17) is 10.5 Å². The van der Waals surface area contributed by atoms with E-state index in [1.165, 1.54) is 0 Å². The fourth-order valence-electron chi connectivity index (χ4n) is 2.33. The topological polar surface area (TPSA) is 53.1 Å². The lowest BCUT2D eigenvalue weighted by Crippen LogP contribution is -1.99. The van der Waals surface area contributed by atoms with Gasteiger partial charge in [-0.2, -0.15) is 0 Å². The lowest BCUT2D eigenvalue weighted by atomic mass is 10.2. The number of aromatic nitrogens is 2. The van der Waals surface area contributed by atoms with Crippen LogP contribution in [0.25, 0.3) is 16.7 Å². The van der Waals surface area contributed by atoms with E-state index >= 15 is 0 Å². The highest BCUT2D eigenvalue weighted by Gasteiger charge is 2.10. The van der Waals surface area contributed by atoms with Crippen LogP contribution in [0.15, 0.2) is 42.5 Å². The molecule has 0 aliphatic heterocycles. The van der Waals surface area contributed by atoms with Gasteiger partial charge in [-0.05, 0) is 37.3 Å². The summed E-state index contributed by atoms with van der Waals surface area (Å²) in [5.41, 5.74) is 9.64. The van der Waals surface area contributed by atoms with Crippen molar-refractivity contribution in [1.82, 2.24) is 9.55 Å². The van der Waals surface area contributed by atoms with Crippen LogP contribution in [0.5, 0.6) is 5.75 Å². The Labute approximate surface area is 111 Å². The molecule has 0 amide bonds. The molecular formula is C15H15N3O. The van der Waals surface area contributed by atoms with Crippen molar-refractivity contribution < 1.29 is 4.74 Å². The van der Waals surface area contributed by atoms with Crippen molar-refractivity contribution in [3.8, 4) is 11.4 Å². The van der Waals surface area contributed by atoms with Gasteiger partial charge in [0.15, 0.2) is 0 Å². The molecule has 0 atom stereocenters. The fourth-order valence-corrected chi connectivity index (χ4v) is 2.33. The largest absolute Gasteiger partial charge is 0.495 e. The Morgan fingerprint density at radius 3 is 2.68 bits per heavy atom. The van der Waals surface area contributed by atoms with E-state index in [0.29, 0.717) is 11.4 Å². The highest BCUT2D eigenvalue weighted by Crippen LogP contribution is 2.27. The van der Waals surface area contributed by atoms with Gasteiger partial charge in [0.05, 0.1) is 23.8 Å². The zero-order valence-electron chi connectivity index (χ0n) is 10.9. The second-order valence-electron chi connectivity index (χ2n) is 4.41. The molecule has 2 aromatic carbocycles. The number of nitrogen functional groups attached to an aromatic ring is 1. The van der Waals surface area contributed by atoms with Gasteiger partial charge < -0.3 is 10.5 Å². The van der Waals surface area contributed by atoms with Gasteiger partial charge in [-0.15, -0.1) is 0 Å². The Hall–Kier alpha value is -2.49. The lowest BCUT2D eigenvalue weighted by Gasteiger charge is -2.10. The molecule has 0 radical (unpaired) electrons. The Morgan fingerprint density at radius 1 is 1.16 bits per heavy atom. The first kappa shape index (κ1) is 11.6. The van der Waals surface area contributed by atoms with Crippen LogP contribution in [0.4, 0.5) is 5.69 Å². The van der Waals surface area contributed by atoms with Gasteiger partial charge in [0.1, 0.15) is 11.6 Å². The number of benzene rings is 2. The smallest absolute Gasteiger partial charge is 0.141 e. The molecule has 3 aromatic rings. The Bertz CT molecular complexity index is 746. The molecule has 0 spiro atoms. The molecule has 4 nitrogen and oxygen atoms in total. The van der Waals surface area contributed by atoms with Crippen LogP contribution < -0.4 is 10.5 Å². The predicted molar refractivity (Wildman–Crippen MR) is 76.8 cm³/mol. The molecule has 3 rings (SSSR count). The molecule has 4 heteroatoms. The second kappa shape index (κ2) is 4.31. The maximum absolute atomic E-state index is 5.97. The molecule has 19 heavy (non-hydrogen) atoms. The molecule has 96 valence electrons. The summed E-state index contributed by atoms with van der Waals surface area (Å²) in [6.45, 7) is 1.99. The molecule has 0 fully saturated rings. The summed E-state index contributed by atoms with van der Waals surface area (Å²) in [6, 6.07) is 13.8. The minimum absolute atomic E-state index is 0.622. The number of hydrogen-bond donors (Lipinski definition) is 1. The zero-order valence-corrected chi connectivity index (χ0v) is 10.9. The van der Waals surface area contributed by atoms with E-state index < -0.39 is 0 Å². The summed E-state index contributed by atoms with van der Waals surface area (Å²) >= 11 is 0. The maximum Gasteiger partial charge on any atom is 0.141 e. The highest BCUT2D eigenvalue weighted by molar-refractivity contribution is 5.78. The number of imidazole rings is 1. The molecular weight excluding hydrogens is 238 g/mol. The first-order valence-corrected chi connectivity index (χ1v) is 6.08. The maximum atomic E-state index is 5.97. The summed E-state index contributed by atoms with van der Waals surface area (Å²) < 4.78 is 7.27. The van der Waals surface area contributed by atoms with E-state index in [9.17, 15) is 0 Å². The van der Waals surface area contributed by atoms with Crippen molar-refractivity contribution in [2.24, 2.45) is 0 Å². The Balaban J connectivity index is 2.24. The van der Waals surface area contributed by atoms with E-state index in [1.54, 1.807) is 7.11 Å². The minimum atomic E-state index is 0.622. The number of anilines is 1. The highest BCUT2D eigenvalue weighted by atomic mass is 16.5. The zero-order chi connectivity index (χ0) is 13.4. The van der Waals surface area contributed by atoms with Crippen molar-refractivity contribution in [2.45, 2.75) is 6.92 Å². The number of ether oxygens (including phenoxy) is 1. The predicted octanol–water partition coefficient (Wildman–Crippen LogP) is 2.92. The van der Waals surface area contributed by atoms with Crippen molar-refractivity contribution >= 4 is 16.7 Å². The molecule has 0 unspecified atom stereocenters. The van der Waals surface area contributed by atoms with Crippen LogP contribution in [0.1, 0.15) is 5.82 Å². The Morgan fingerprint density at radius 2 is 1.95 bits per heavy atom. The number of aryl methyl sites for hydroxylation is 1. The van der Waals surface area contributed by atoms with Crippen LogP contribution in [0.2, 0.25) is 0 Å². The monoisotopic (exact) mass is 253 g/mol. The van der Waals surface area contributed by atoms with E-state index in [0.717, 1.165) is 22.5 Å². The molecule has 1 heterocycles. The van der Waals surface area contributed by atoms with Crippen LogP contribution in [-0.2, 0) is 0 Å². The molecule has 0 saturated heterocycles. The van der Waals surface area contributed by atoms with Crippen molar-refractivity contribution in [3.63, 3.8) is 0 Å². The average Bonchev–Trinajstić information content (AvgIpc) is 2.74. The normalized spacial score (nSPS) is 10.8. The van der Waals surface area contributed by atoms with Gasteiger partial charge in [-0.3, -0.25) is 4.57 Å². The number of methoxy groups -OCH3 is 1. The van der Waals surface area contributed by atoms with Gasteiger partial charge >= 0.3 is 0 Å². The second-order valence-corrected chi connectivity index (χ2v) is 4.41. The SMILES string of the molecule is COc1ccc(-n2c(C)nc3ccccc32)cc1N. The lowest BCUT2D eigenvalue weighted by molar-refractivity contribution is 0.417. The molecule has 0 bridgehead atoms. The first-order chi connectivity index (χ1) is 9.20. The van der Waals surface area contributed by atoms with Crippen LogP contribution in [0.3, 0.4) is 0 Å². The van der Waals surface area contributed by atoms with Gasteiger partial charge in [0.2, 0.25) is 0 Å². The van der Waals surface area contributed by atoms with Crippen molar-refractivity contribution in [2.75, 3.05) is 12.8 Å². The van der Waals surface area contributed by atoms with Crippen LogP contribution in [0, 0.1) is 6.92 Å². The number of rotatable bonds is 2. The van der Waals surface area contributed by atoms with Gasteiger partial charge in [-0.1, -0.05) is 12.1 Å². The summed E-state index contributed by atoms with van der Waals surface area (Å²) in [5, 5.41) is 0. The molecule has 0 saturated carbocycles. The first-order valence-electron chi connectivity index (χ1n) is 6.08. The fraction of sp³-hybridized carbons (Fsp3) is 0.133. The third-order valence-electron chi connectivity index (χ3n) is 3.20. The average molecular weight is 253 g/mol. The van der Waals surface area contributed by atoms with Gasteiger partial charge in [0, 0.05) is 5.69 Å². The molecule has 0 aliphatic rings. The summed E-state index contributed by atoms with van der Waals surface area (Å²) in [6.07, 6.45) is 0. The van der Waals surface area contributed by atoms with Crippen molar-refractivity contribution in [1.29, 1.82) is 0 Å². The van der Waals surface area contributed by atoms with Crippen LogP contribution in [-0.4, -0.2) is 16.7 Å². The third-order valence-corrected chi connectivity index (χ3v) is 3.20. The number of para-hydroxylation sites is 2. The third kappa shape index (κ3) is 1.81. The molecule has 2 N–H and O–H groups in total. The minimum Gasteiger partial charge on any atom is -0.495 e. The van der Waals surface area contributed by atoms with Crippen molar-refractivity contribution in [3.05, 3.63) is 48.3 Å². The molecule has 0 aliphatic carbocycles. The number of fused-ring (bicyclic) bond motifs is 1. The van der Waals surface area contributed by atoms with Gasteiger partial charge in [-0.25, -0.2) is 4.98 Å². The summed E-state index contributed by atoms with van der Waals surface area (Å²) in [5.74, 6) is 1.62. The quantitative estimate of drug-likeness (QED) is 0.714.